The first-order chi connectivity index (χ1) is 4.74. The Morgan fingerprint density at radius 2 is 2.30 bits per heavy atom. The van der Waals surface area contributed by atoms with Crippen LogP contribution in [0, 0.1) is 0 Å². The molecule has 1 radical (unpaired) electrons. The lowest BCUT2D eigenvalue weighted by Crippen LogP contribution is -2.13. The highest BCUT2D eigenvalue weighted by molar-refractivity contribution is 6.14. The van der Waals surface area contributed by atoms with E-state index in [1.165, 1.54) is 0 Å². The third-order valence-corrected chi connectivity index (χ3v) is 0.887. The fourth-order valence-corrected chi connectivity index (χ4v) is 0.536. The topological polar surface area (TPSA) is 57.5 Å². The van der Waals surface area contributed by atoms with Gasteiger partial charge in [0.05, 0.1) is 12.3 Å². The number of nitrogens with zero attached hydrogens (tertiary/aromatic N) is 1. The Bertz CT molecular complexity index is 229. The van der Waals surface area contributed by atoms with Gasteiger partial charge in [-0.2, -0.15) is 5.32 Å². The van der Waals surface area contributed by atoms with Gasteiger partial charge in [-0.3, -0.25) is 9.59 Å². The third-order valence-electron chi connectivity index (χ3n) is 0.887. The van der Waals surface area contributed by atoms with Gasteiger partial charge in [-0.05, 0) is 0 Å². The highest BCUT2D eigenvalue weighted by atomic mass is 16.5. The Labute approximate surface area is 57.2 Å². The van der Waals surface area contributed by atoms with Crippen LogP contribution in [0.5, 0.6) is 0 Å². The van der Waals surface area contributed by atoms with Crippen LogP contribution in [0.1, 0.15) is 0 Å². The van der Waals surface area contributed by atoms with Crippen LogP contribution in [0.4, 0.5) is 0 Å². The molecule has 1 heterocycles. The molecule has 0 unspecified atom stereocenters. The molecule has 0 saturated heterocycles. The lowest BCUT2D eigenvalue weighted by atomic mass is 10.5. The van der Waals surface area contributed by atoms with E-state index in [1.54, 1.807) is 0 Å². The summed E-state index contributed by atoms with van der Waals surface area (Å²) >= 11 is 0. The number of carbonyl (C=O) groups is 2. The van der Waals surface area contributed by atoms with Gasteiger partial charge in [0.15, 0.2) is 5.76 Å². The number of carbonyl (C=O) groups excluding carboxylic acids is 2. The molecule has 2 amide bonds. The minimum atomic E-state index is -0.648. The maximum Gasteiger partial charge on any atom is 0.316 e. The van der Waals surface area contributed by atoms with E-state index >= 15 is 0 Å². The van der Waals surface area contributed by atoms with E-state index in [4.69, 9.17) is 0 Å². The maximum absolute atomic E-state index is 10.5. The predicted octanol–water partition coefficient (Wildman–Crippen LogP) is -0.298. The molecular formula is C6H4NO3. The summed E-state index contributed by atoms with van der Waals surface area (Å²) in [7, 11) is 0. The summed E-state index contributed by atoms with van der Waals surface area (Å²) in [5.41, 5.74) is 0. The second-order valence-electron chi connectivity index (χ2n) is 1.55. The molecular weight excluding hydrogens is 134 g/mol. The zero-order valence-electron chi connectivity index (χ0n) is 5.03. The van der Waals surface area contributed by atoms with Crippen molar-refractivity contribution in [2.75, 3.05) is 0 Å². The van der Waals surface area contributed by atoms with Crippen molar-refractivity contribution in [3.63, 3.8) is 0 Å². The molecule has 4 nitrogen and oxygen atoms in total. The van der Waals surface area contributed by atoms with Crippen molar-refractivity contribution in [1.82, 2.24) is 5.32 Å². The third kappa shape index (κ3) is 1.05. The zero-order valence-corrected chi connectivity index (χ0v) is 5.03. The summed E-state index contributed by atoms with van der Waals surface area (Å²) in [5, 5.41) is 3.05. The van der Waals surface area contributed by atoms with Crippen molar-refractivity contribution in [3.05, 3.63) is 24.7 Å². The molecule has 1 aliphatic heterocycles. The monoisotopic (exact) mass is 138 g/mol. The summed E-state index contributed by atoms with van der Waals surface area (Å²) in [6.07, 6.45) is 2.09. The smallest absolute Gasteiger partial charge is 0.316 e. The number of hydrogen-bond donors (Lipinski definition) is 0. The Morgan fingerprint density at radius 1 is 1.60 bits per heavy atom. The Kier molecular flexibility index (Phi) is 1.53. The minimum Gasteiger partial charge on any atom is -0.460 e. The lowest BCUT2D eigenvalue weighted by molar-refractivity contribution is -0.125. The normalized spacial score (nSPS) is 16.2. The van der Waals surface area contributed by atoms with Gasteiger partial charge in [0.25, 0.3) is 5.91 Å². The first-order valence-electron chi connectivity index (χ1n) is 2.53. The van der Waals surface area contributed by atoms with Crippen molar-refractivity contribution in [2.24, 2.45) is 0 Å². The fraction of sp³-hybridized carbons (Fsp3) is 0. The first kappa shape index (κ1) is 6.54. The van der Waals surface area contributed by atoms with Gasteiger partial charge in [0.1, 0.15) is 0 Å². The van der Waals surface area contributed by atoms with Crippen molar-refractivity contribution in [2.45, 2.75) is 0 Å². The van der Waals surface area contributed by atoms with Crippen molar-refractivity contribution >= 4 is 11.8 Å². The van der Waals surface area contributed by atoms with Crippen LogP contribution in [0.3, 0.4) is 0 Å². The van der Waals surface area contributed by atoms with Crippen LogP contribution >= 0.6 is 0 Å². The van der Waals surface area contributed by atoms with Crippen molar-refractivity contribution in [1.29, 1.82) is 0 Å². The van der Waals surface area contributed by atoms with Gasteiger partial charge in [0.2, 0.25) is 0 Å². The molecule has 0 bridgehead atoms. The van der Waals surface area contributed by atoms with Gasteiger partial charge in [-0.1, -0.05) is 6.58 Å². The standard InChI is InChI=1S/C6H4NO3/c1-2-10-4-3-5(8)7-6(4)9/h2-3H,1H2. The second kappa shape index (κ2) is 2.34. The summed E-state index contributed by atoms with van der Waals surface area (Å²) in [6, 6.07) is 0. The highest BCUT2D eigenvalue weighted by Gasteiger charge is 2.23. The van der Waals surface area contributed by atoms with E-state index in [9.17, 15) is 9.59 Å². The molecule has 0 saturated carbocycles. The van der Waals surface area contributed by atoms with E-state index in [0.717, 1.165) is 12.3 Å². The van der Waals surface area contributed by atoms with Gasteiger partial charge in [-0.15, -0.1) is 0 Å². The maximum atomic E-state index is 10.5. The van der Waals surface area contributed by atoms with E-state index in [-0.39, 0.29) is 5.76 Å². The molecule has 0 aromatic rings. The van der Waals surface area contributed by atoms with Crippen LogP contribution in [0.15, 0.2) is 24.7 Å². The number of rotatable bonds is 2. The van der Waals surface area contributed by atoms with Crippen LogP contribution < -0.4 is 5.32 Å². The molecule has 10 heavy (non-hydrogen) atoms. The van der Waals surface area contributed by atoms with E-state index in [1.807, 2.05) is 0 Å². The molecule has 51 valence electrons. The van der Waals surface area contributed by atoms with Crippen molar-refractivity contribution in [3.8, 4) is 0 Å². The number of imide groups is 1. The Morgan fingerprint density at radius 3 is 2.70 bits per heavy atom. The van der Waals surface area contributed by atoms with Gasteiger partial charge in [0, 0.05) is 0 Å². The molecule has 0 spiro atoms. The van der Waals surface area contributed by atoms with Crippen LogP contribution in [0.2, 0.25) is 0 Å². The number of hydrogen-bond acceptors (Lipinski definition) is 3. The largest absolute Gasteiger partial charge is 0.460 e. The molecule has 1 rings (SSSR count). The first-order valence-corrected chi connectivity index (χ1v) is 2.53. The molecule has 0 aliphatic carbocycles. The summed E-state index contributed by atoms with van der Waals surface area (Å²) in [6.45, 7) is 3.22. The van der Waals surface area contributed by atoms with Gasteiger partial charge in [-0.25, -0.2) is 0 Å². The number of ether oxygens (including phenoxy) is 1. The van der Waals surface area contributed by atoms with E-state index in [0.29, 0.717) is 0 Å². The molecule has 0 fully saturated rings. The minimum absolute atomic E-state index is 0.0694. The van der Waals surface area contributed by atoms with Gasteiger partial charge >= 0.3 is 5.91 Å². The zero-order chi connectivity index (χ0) is 7.56. The molecule has 0 aromatic carbocycles. The van der Waals surface area contributed by atoms with E-state index < -0.39 is 11.8 Å². The Hall–Kier alpha value is -1.58. The molecule has 1 aliphatic rings. The lowest BCUT2D eigenvalue weighted by Gasteiger charge is -1.92. The van der Waals surface area contributed by atoms with Crippen LogP contribution in [0.25, 0.3) is 0 Å². The molecule has 0 aromatic heterocycles. The van der Waals surface area contributed by atoms with Gasteiger partial charge < -0.3 is 4.74 Å². The average molecular weight is 138 g/mol. The SMILES string of the molecule is C=COC1=CC(=O)[N]C1=O. The number of amides is 2. The van der Waals surface area contributed by atoms with Crippen LogP contribution in [-0.4, -0.2) is 11.8 Å². The second-order valence-corrected chi connectivity index (χ2v) is 1.55. The fourth-order valence-electron chi connectivity index (χ4n) is 0.536. The highest BCUT2D eigenvalue weighted by Crippen LogP contribution is 2.04. The quantitative estimate of drug-likeness (QED) is 0.389. The molecule has 0 N–H and O–H groups in total. The summed E-state index contributed by atoms with van der Waals surface area (Å²) in [4.78, 5) is 20.9. The van der Waals surface area contributed by atoms with Crippen LogP contribution in [-0.2, 0) is 14.3 Å². The average Bonchev–Trinajstić information content (AvgIpc) is 2.13. The predicted molar refractivity (Wildman–Crippen MR) is 31.5 cm³/mol. The molecule has 0 atom stereocenters. The Balaban J connectivity index is 2.74. The summed E-state index contributed by atoms with van der Waals surface area (Å²) < 4.78 is 4.55. The van der Waals surface area contributed by atoms with E-state index in [2.05, 4.69) is 16.6 Å². The van der Waals surface area contributed by atoms with Crippen molar-refractivity contribution < 1.29 is 14.3 Å². The molecule has 4 heteroatoms. The summed E-state index contributed by atoms with van der Waals surface area (Å²) in [5.74, 6) is -1.30.